The van der Waals surface area contributed by atoms with Gasteiger partial charge in [-0.2, -0.15) is 0 Å². The highest BCUT2D eigenvalue weighted by molar-refractivity contribution is 5.84. The topological polar surface area (TPSA) is 34.1 Å². The summed E-state index contributed by atoms with van der Waals surface area (Å²) in [6, 6.07) is 10.5. The Labute approximate surface area is 121 Å². The first-order valence-electron chi connectivity index (χ1n) is 7.18. The molecule has 2 aromatic rings. The number of rotatable bonds is 6. The van der Waals surface area contributed by atoms with Crippen molar-refractivity contribution in [1.82, 2.24) is 10.3 Å². The van der Waals surface area contributed by atoms with Gasteiger partial charge in [-0.25, -0.2) is 0 Å². The van der Waals surface area contributed by atoms with Gasteiger partial charge in [0, 0.05) is 29.6 Å². The minimum absolute atomic E-state index is 0.0919. The van der Waals surface area contributed by atoms with Crippen molar-refractivity contribution in [2.75, 3.05) is 13.2 Å². The average Bonchev–Trinajstić information content (AvgIpc) is 2.43. The van der Waals surface area contributed by atoms with E-state index in [0.29, 0.717) is 12.6 Å². The Kier molecular flexibility index (Phi) is 4.61. The van der Waals surface area contributed by atoms with Crippen molar-refractivity contribution in [3.63, 3.8) is 0 Å². The van der Waals surface area contributed by atoms with Crippen LogP contribution in [0.25, 0.3) is 10.9 Å². The van der Waals surface area contributed by atoms with E-state index in [1.807, 2.05) is 30.5 Å². The van der Waals surface area contributed by atoms with Crippen molar-refractivity contribution in [1.29, 1.82) is 0 Å². The summed E-state index contributed by atoms with van der Waals surface area (Å²) < 4.78 is 6.04. The Morgan fingerprint density at radius 2 is 2.00 bits per heavy atom. The van der Waals surface area contributed by atoms with Crippen LogP contribution in [0.5, 0.6) is 5.75 Å². The first kappa shape index (κ1) is 14.8. The van der Waals surface area contributed by atoms with E-state index >= 15 is 0 Å². The van der Waals surface area contributed by atoms with E-state index in [4.69, 9.17) is 4.74 Å². The van der Waals surface area contributed by atoms with E-state index in [2.05, 4.69) is 44.1 Å². The van der Waals surface area contributed by atoms with Crippen LogP contribution in [0.3, 0.4) is 0 Å². The van der Waals surface area contributed by atoms with Crippen molar-refractivity contribution in [2.24, 2.45) is 5.41 Å². The summed E-state index contributed by atoms with van der Waals surface area (Å²) in [5.41, 5.74) is 1.07. The first-order valence-corrected chi connectivity index (χ1v) is 7.18. The summed E-state index contributed by atoms with van der Waals surface area (Å²) in [5, 5.41) is 4.54. The van der Waals surface area contributed by atoms with Crippen LogP contribution in [0.15, 0.2) is 36.5 Å². The molecule has 0 aliphatic heterocycles. The monoisotopic (exact) mass is 272 g/mol. The van der Waals surface area contributed by atoms with E-state index in [-0.39, 0.29) is 5.41 Å². The van der Waals surface area contributed by atoms with Crippen LogP contribution in [0.2, 0.25) is 0 Å². The molecule has 0 spiro atoms. The molecule has 1 aromatic heterocycles. The van der Waals surface area contributed by atoms with Gasteiger partial charge in [0.15, 0.2) is 0 Å². The number of fused-ring (bicyclic) bond motifs is 1. The lowest BCUT2D eigenvalue weighted by molar-refractivity contribution is 0.175. The van der Waals surface area contributed by atoms with Gasteiger partial charge < -0.3 is 10.1 Å². The Morgan fingerprint density at radius 3 is 2.75 bits per heavy atom. The molecule has 0 atom stereocenters. The third-order valence-corrected chi connectivity index (χ3v) is 3.21. The van der Waals surface area contributed by atoms with Crippen molar-refractivity contribution >= 4 is 10.9 Å². The van der Waals surface area contributed by atoms with Gasteiger partial charge in [-0.1, -0.05) is 33.8 Å². The highest BCUT2D eigenvalue weighted by Gasteiger charge is 2.19. The van der Waals surface area contributed by atoms with Gasteiger partial charge >= 0.3 is 0 Å². The quantitative estimate of drug-likeness (QED) is 0.871. The lowest BCUT2D eigenvalue weighted by Gasteiger charge is -2.26. The molecule has 1 aromatic carbocycles. The van der Waals surface area contributed by atoms with E-state index in [1.165, 1.54) is 0 Å². The summed E-state index contributed by atoms with van der Waals surface area (Å²) in [6.45, 7) is 10.4. The Balaban J connectivity index is 2.05. The second kappa shape index (κ2) is 6.23. The summed E-state index contributed by atoms with van der Waals surface area (Å²) in [5.74, 6) is 0.910. The molecular formula is C17H24N2O. The number of hydrogen-bond donors (Lipinski definition) is 1. The number of pyridine rings is 1. The molecule has 0 aliphatic rings. The number of nitrogens with one attached hydrogen (secondary N) is 1. The summed E-state index contributed by atoms with van der Waals surface area (Å²) >= 11 is 0. The molecule has 108 valence electrons. The van der Waals surface area contributed by atoms with Crippen molar-refractivity contribution in [2.45, 2.75) is 33.7 Å². The zero-order valence-corrected chi connectivity index (χ0v) is 12.8. The SMILES string of the molecule is CC(C)NCC(C)(C)COc1cccc2ncccc12. The van der Waals surface area contributed by atoms with Gasteiger partial charge in [-0.15, -0.1) is 0 Å². The average molecular weight is 272 g/mol. The molecule has 0 saturated heterocycles. The second-order valence-electron chi connectivity index (χ2n) is 6.31. The van der Waals surface area contributed by atoms with E-state index in [1.54, 1.807) is 0 Å². The van der Waals surface area contributed by atoms with Crippen LogP contribution in [0, 0.1) is 5.41 Å². The molecule has 3 nitrogen and oxygen atoms in total. The molecule has 1 heterocycles. The third kappa shape index (κ3) is 3.94. The van der Waals surface area contributed by atoms with Crippen LogP contribution >= 0.6 is 0 Å². The third-order valence-electron chi connectivity index (χ3n) is 3.21. The molecule has 0 unspecified atom stereocenters. The summed E-state index contributed by atoms with van der Waals surface area (Å²) in [4.78, 5) is 4.35. The maximum absolute atomic E-state index is 6.04. The highest BCUT2D eigenvalue weighted by Crippen LogP contribution is 2.25. The maximum atomic E-state index is 6.04. The largest absolute Gasteiger partial charge is 0.492 e. The minimum Gasteiger partial charge on any atom is -0.492 e. The van der Waals surface area contributed by atoms with Gasteiger partial charge in [-0.3, -0.25) is 4.98 Å². The van der Waals surface area contributed by atoms with Gasteiger partial charge in [0.2, 0.25) is 0 Å². The molecule has 1 N–H and O–H groups in total. The van der Waals surface area contributed by atoms with Gasteiger partial charge in [0.25, 0.3) is 0 Å². The Hall–Kier alpha value is -1.61. The smallest absolute Gasteiger partial charge is 0.128 e. The Bertz CT molecular complexity index is 558. The van der Waals surface area contributed by atoms with Crippen LogP contribution in [-0.2, 0) is 0 Å². The van der Waals surface area contributed by atoms with Crippen molar-refractivity contribution in [3.05, 3.63) is 36.5 Å². The first-order chi connectivity index (χ1) is 9.48. The second-order valence-corrected chi connectivity index (χ2v) is 6.31. The van der Waals surface area contributed by atoms with Crippen molar-refractivity contribution < 1.29 is 4.74 Å². The highest BCUT2D eigenvalue weighted by atomic mass is 16.5. The van der Waals surface area contributed by atoms with Gasteiger partial charge in [0.05, 0.1) is 12.1 Å². The predicted molar refractivity (Wildman–Crippen MR) is 84.2 cm³/mol. The van der Waals surface area contributed by atoms with E-state index < -0.39 is 0 Å². The van der Waals surface area contributed by atoms with Crippen LogP contribution in [-0.4, -0.2) is 24.2 Å². The number of hydrogen-bond acceptors (Lipinski definition) is 3. The standard InChI is InChI=1S/C17H24N2O/c1-13(2)19-11-17(3,4)12-20-16-9-5-8-15-14(16)7-6-10-18-15/h5-10,13,19H,11-12H2,1-4H3. The van der Waals surface area contributed by atoms with Crippen molar-refractivity contribution in [3.8, 4) is 5.75 Å². The summed E-state index contributed by atoms with van der Waals surface area (Å²) in [6.07, 6.45) is 1.81. The number of nitrogens with zero attached hydrogens (tertiary/aromatic N) is 1. The lowest BCUT2D eigenvalue weighted by atomic mass is 9.94. The molecule has 0 amide bonds. The molecular weight excluding hydrogens is 248 g/mol. The zero-order chi connectivity index (χ0) is 14.6. The summed E-state index contributed by atoms with van der Waals surface area (Å²) in [7, 11) is 0. The lowest BCUT2D eigenvalue weighted by Crippen LogP contribution is -2.37. The fraction of sp³-hybridized carbons (Fsp3) is 0.471. The fourth-order valence-electron chi connectivity index (χ4n) is 2.01. The van der Waals surface area contributed by atoms with E-state index in [9.17, 15) is 0 Å². The van der Waals surface area contributed by atoms with Crippen LogP contribution < -0.4 is 10.1 Å². The normalized spacial score (nSPS) is 12.1. The van der Waals surface area contributed by atoms with Crippen LogP contribution in [0.4, 0.5) is 0 Å². The molecule has 2 rings (SSSR count). The minimum atomic E-state index is 0.0919. The fourth-order valence-corrected chi connectivity index (χ4v) is 2.01. The molecule has 0 saturated carbocycles. The zero-order valence-electron chi connectivity index (χ0n) is 12.8. The molecule has 20 heavy (non-hydrogen) atoms. The predicted octanol–water partition coefficient (Wildman–Crippen LogP) is 3.64. The molecule has 0 aliphatic carbocycles. The number of aromatic nitrogens is 1. The Morgan fingerprint density at radius 1 is 1.20 bits per heavy atom. The van der Waals surface area contributed by atoms with Crippen LogP contribution in [0.1, 0.15) is 27.7 Å². The maximum Gasteiger partial charge on any atom is 0.128 e. The number of ether oxygens (including phenoxy) is 1. The van der Waals surface area contributed by atoms with E-state index in [0.717, 1.165) is 23.2 Å². The molecule has 3 heteroatoms. The molecule has 0 radical (unpaired) electrons. The molecule has 0 bridgehead atoms. The van der Waals surface area contributed by atoms with Gasteiger partial charge in [0.1, 0.15) is 5.75 Å². The number of benzene rings is 1. The molecule has 0 fully saturated rings. The van der Waals surface area contributed by atoms with Gasteiger partial charge in [-0.05, 0) is 24.3 Å².